The van der Waals surface area contributed by atoms with Crippen molar-refractivity contribution in [3.8, 4) is 5.69 Å². The summed E-state index contributed by atoms with van der Waals surface area (Å²) in [6, 6.07) is 9.43. The summed E-state index contributed by atoms with van der Waals surface area (Å²) in [4.78, 5) is 32.3. The van der Waals surface area contributed by atoms with Crippen LogP contribution in [0.15, 0.2) is 40.3 Å². The normalized spacial score (nSPS) is 13.5. The van der Waals surface area contributed by atoms with Crippen molar-refractivity contribution in [1.82, 2.24) is 14.9 Å². The van der Waals surface area contributed by atoms with Gasteiger partial charge in [-0.25, -0.2) is 4.98 Å². The molecule has 2 aromatic heterocycles. The number of amides is 1. The van der Waals surface area contributed by atoms with E-state index in [4.69, 9.17) is 10.1 Å². The van der Waals surface area contributed by atoms with Crippen LogP contribution >= 0.6 is 23.1 Å². The number of aryl methyl sites for hydroxylation is 2. The van der Waals surface area contributed by atoms with E-state index in [0.29, 0.717) is 5.16 Å². The molecule has 1 aliphatic carbocycles. The molecule has 0 aliphatic heterocycles. The highest BCUT2D eigenvalue weighted by molar-refractivity contribution is 7.99. The van der Waals surface area contributed by atoms with Crippen molar-refractivity contribution < 1.29 is 9.90 Å². The molecule has 1 amide bonds. The Hall–Kier alpha value is -2.16. The molecule has 2 N–H and O–H groups in total. The summed E-state index contributed by atoms with van der Waals surface area (Å²) >= 11 is 2.85. The summed E-state index contributed by atoms with van der Waals surface area (Å²) in [7, 11) is 0. The minimum absolute atomic E-state index is 0.0612. The van der Waals surface area contributed by atoms with Crippen LogP contribution in [0.1, 0.15) is 23.3 Å². The molecule has 8 heteroatoms. The van der Waals surface area contributed by atoms with E-state index in [-0.39, 0.29) is 30.4 Å². The lowest BCUT2D eigenvalue weighted by atomic mass is 9.97. The Morgan fingerprint density at radius 1 is 1.25 bits per heavy atom. The van der Waals surface area contributed by atoms with Crippen LogP contribution in [0.3, 0.4) is 0 Å². The third-order valence-corrected chi connectivity index (χ3v) is 6.86. The Morgan fingerprint density at radius 2 is 2.04 bits per heavy atom. The number of benzene rings is 1. The largest absolute Gasteiger partial charge is 0.395 e. The molecule has 0 radical (unpaired) electrons. The second kappa shape index (κ2) is 8.46. The van der Waals surface area contributed by atoms with Gasteiger partial charge >= 0.3 is 0 Å². The number of fused-ring (bicyclic) bond motifs is 3. The van der Waals surface area contributed by atoms with E-state index in [0.717, 1.165) is 47.2 Å². The van der Waals surface area contributed by atoms with Gasteiger partial charge < -0.3 is 10.4 Å². The van der Waals surface area contributed by atoms with Gasteiger partial charge in [-0.3, -0.25) is 14.2 Å². The topological polar surface area (TPSA) is 84.2 Å². The van der Waals surface area contributed by atoms with Crippen molar-refractivity contribution in [2.75, 3.05) is 18.9 Å². The van der Waals surface area contributed by atoms with Gasteiger partial charge in [-0.15, -0.1) is 11.3 Å². The molecular weight excluding hydrogens is 394 g/mol. The van der Waals surface area contributed by atoms with Crippen molar-refractivity contribution in [2.45, 2.75) is 30.8 Å². The first-order chi connectivity index (χ1) is 13.7. The number of rotatable bonds is 6. The summed E-state index contributed by atoms with van der Waals surface area (Å²) in [5.74, 6) is -0.0611. The third kappa shape index (κ3) is 3.72. The highest BCUT2D eigenvalue weighted by Crippen LogP contribution is 2.35. The molecule has 28 heavy (non-hydrogen) atoms. The van der Waals surface area contributed by atoms with E-state index < -0.39 is 0 Å². The monoisotopic (exact) mass is 415 g/mol. The van der Waals surface area contributed by atoms with Crippen LogP contribution in [0.2, 0.25) is 0 Å². The van der Waals surface area contributed by atoms with Crippen LogP contribution in [0, 0.1) is 0 Å². The maximum atomic E-state index is 13.5. The predicted octanol–water partition coefficient (Wildman–Crippen LogP) is 2.53. The quantitative estimate of drug-likeness (QED) is 0.477. The Bertz CT molecular complexity index is 1060. The van der Waals surface area contributed by atoms with Crippen molar-refractivity contribution in [2.24, 2.45) is 0 Å². The van der Waals surface area contributed by atoms with E-state index in [1.807, 2.05) is 30.3 Å². The second-order valence-electron chi connectivity index (χ2n) is 6.62. The lowest BCUT2D eigenvalue weighted by Crippen LogP contribution is -2.28. The van der Waals surface area contributed by atoms with Gasteiger partial charge in [0.1, 0.15) is 4.83 Å². The van der Waals surface area contributed by atoms with Crippen LogP contribution in [0.5, 0.6) is 0 Å². The molecule has 0 spiro atoms. The zero-order valence-corrected chi connectivity index (χ0v) is 16.9. The molecule has 0 saturated heterocycles. The van der Waals surface area contributed by atoms with Gasteiger partial charge in [0, 0.05) is 11.4 Å². The third-order valence-electron chi connectivity index (χ3n) is 4.74. The molecule has 1 aromatic carbocycles. The Morgan fingerprint density at radius 3 is 2.82 bits per heavy atom. The van der Waals surface area contributed by atoms with Crippen LogP contribution in [-0.4, -0.2) is 39.5 Å². The Kier molecular flexibility index (Phi) is 5.79. The number of para-hydroxylation sites is 1. The Labute approximate surface area is 170 Å². The number of nitrogens with one attached hydrogen (secondary N) is 1. The lowest BCUT2D eigenvalue weighted by molar-refractivity contribution is -0.118. The zero-order chi connectivity index (χ0) is 19.5. The Balaban J connectivity index is 1.81. The first kappa shape index (κ1) is 19.2. The molecule has 2 heterocycles. The number of carbonyl (C=O) groups is 1. The SMILES string of the molecule is O=C(CSc1nc2sc3c(c2c(=O)n1-c1ccccc1)CCCC3)NCCO. The number of thiophene rings is 1. The summed E-state index contributed by atoms with van der Waals surface area (Å²) in [6.07, 6.45) is 4.19. The zero-order valence-electron chi connectivity index (χ0n) is 15.3. The van der Waals surface area contributed by atoms with Gasteiger partial charge in [0.25, 0.3) is 5.56 Å². The average molecular weight is 416 g/mol. The fraction of sp³-hybridized carbons (Fsp3) is 0.350. The number of nitrogens with zero attached hydrogens (tertiary/aromatic N) is 2. The molecule has 0 unspecified atom stereocenters. The fourth-order valence-electron chi connectivity index (χ4n) is 3.46. The van der Waals surface area contributed by atoms with Crippen LogP contribution in [0.4, 0.5) is 0 Å². The lowest BCUT2D eigenvalue weighted by Gasteiger charge is -2.13. The number of hydrogen-bond donors (Lipinski definition) is 2. The second-order valence-corrected chi connectivity index (χ2v) is 8.65. The van der Waals surface area contributed by atoms with Gasteiger partial charge in [0.15, 0.2) is 5.16 Å². The molecule has 0 atom stereocenters. The number of aromatic nitrogens is 2. The standard InChI is InChI=1S/C20H21N3O3S2/c24-11-10-21-16(25)12-27-20-22-18-17(14-8-4-5-9-15(14)28-18)19(26)23(20)13-6-2-1-3-7-13/h1-3,6-7,24H,4-5,8-12H2,(H,21,25). The highest BCUT2D eigenvalue weighted by atomic mass is 32.2. The first-order valence-electron chi connectivity index (χ1n) is 9.32. The van der Waals surface area contributed by atoms with Gasteiger partial charge in [-0.1, -0.05) is 30.0 Å². The highest BCUT2D eigenvalue weighted by Gasteiger charge is 2.23. The van der Waals surface area contributed by atoms with Crippen LogP contribution in [0.25, 0.3) is 15.9 Å². The number of aliphatic hydroxyl groups excluding tert-OH is 1. The van der Waals surface area contributed by atoms with Crippen molar-refractivity contribution in [1.29, 1.82) is 0 Å². The molecule has 1 aliphatic rings. The predicted molar refractivity (Wildman–Crippen MR) is 113 cm³/mol. The molecule has 0 bridgehead atoms. The van der Waals surface area contributed by atoms with Gasteiger partial charge in [-0.2, -0.15) is 0 Å². The molecule has 0 saturated carbocycles. The summed E-state index contributed by atoms with van der Waals surface area (Å²) in [6.45, 7) is 0.116. The van der Waals surface area contributed by atoms with E-state index in [1.165, 1.54) is 16.6 Å². The minimum Gasteiger partial charge on any atom is -0.395 e. The van der Waals surface area contributed by atoms with Crippen molar-refractivity contribution >= 4 is 39.2 Å². The molecule has 0 fully saturated rings. The van der Waals surface area contributed by atoms with Gasteiger partial charge in [-0.05, 0) is 43.4 Å². The van der Waals surface area contributed by atoms with Crippen molar-refractivity contribution in [3.05, 3.63) is 51.1 Å². The number of hydrogen-bond acceptors (Lipinski definition) is 6. The van der Waals surface area contributed by atoms with Crippen LogP contribution in [-0.2, 0) is 17.6 Å². The van der Waals surface area contributed by atoms with Gasteiger partial charge in [0.05, 0.1) is 23.4 Å². The van der Waals surface area contributed by atoms with E-state index >= 15 is 0 Å². The molecule has 146 valence electrons. The van der Waals surface area contributed by atoms with E-state index in [2.05, 4.69) is 5.32 Å². The minimum atomic E-state index is -0.196. The first-order valence-corrected chi connectivity index (χ1v) is 11.1. The summed E-state index contributed by atoms with van der Waals surface area (Å²) < 4.78 is 1.62. The van der Waals surface area contributed by atoms with Gasteiger partial charge in [0.2, 0.25) is 5.91 Å². The number of aliphatic hydroxyl groups is 1. The molecule has 3 aromatic rings. The molecular formula is C20H21N3O3S2. The fourth-order valence-corrected chi connectivity index (χ4v) is 5.61. The summed E-state index contributed by atoms with van der Waals surface area (Å²) in [5, 5.41) is 12.7. The van der Waals surface area contributed by atoms with E-state index in [9.17, 15) is 9.59 Å². The molecule has 4 rings (SSSR count). The summed E-state index contributed by atoms with van der Waals surface area (Å²) in [5.41, 5.74) is 1.84. The smallest absolute Gasteiger partial charge is 0.267 e. The maximum absolute atomic E-state index is 13.5. The van der Waals surface area contributed by atoms with Crippen molar-refractivity contribution in [3.63, 3.8) is 0 Å². The molecule has 6 nitrogen and oxygen atoms in total. The van der Waals surface area contributed by atoms with Crippen LogP contribution < -0.4 is 10.9 Å². The number of carbonyl (C=O) groups excluding carboxylic acids is 1. The number of thioether (sulfide) groups is 1. The maximum Gasteiger partial charge on any atom is 0.267 e. The average Bonchev–Trinajstić information content (AvgIpc) is 3.10. The van der Waals surface area contributed by atoms with E-state index in [1.54, 1.807) is 15.9 Å².